The van der Waals surface area contributed by atoms with Gasteiger partial charge >= 0.3 is 0 Å². The van der Waals surface area contributed by atoms with Crippen molar-refractivity contribution in [1.29, 1.82) is 0 Å². The first-order valence-electron chi connectivity index (χ1n) is 7.95. The maximum Gasteiger partial charge on any atom is 0.237 e. The number of hydrogen-bond acceptors (Lipinski definition) is 3. The molecule has 0 bridgehead atoms. The standard InChI is InChI=1S/C17H24N2O2/c1-13-16-7-3-2-5-14(16)8-9-19(13)17(20)12-18-11-15-6-4-10-21-15/h2-3,5,7,13,15,18H,4,6,8-12H2,1H3. The fourth-order valence-corrected chi connectivity index (χ4v) is 3.36. The van der Waals surface area contributed by atoms with Crippen molar-refractivity contribution in [2.24, 2.45) is 0 Å². The van der Waals surface area contributed by atoms with Crippen molar-refractivity contribution < 1.29 is 9.53 Å². The molecule has 114 valence electrons. The molecule has 0 spiro atoms. The summed E-state index contributed by atoms with van der Waals surface area (Å²) in [5, 5.41) is 3.25. The second-order valence-electron chi connectivity index (χ2n) is 5.98. The van der Waals surface area contributed by atoms with E-state index in [9.17, 15) is 4.79 Å². The van der Waals surface area contributed by atoms with E-state index in [1.54, 1.807) is 0 Å². The minimum atomic E-state index is 0.173. The molecule has 2 atom stereocenters. The SMILES string of the molecule is CC1c2ccccc2CCN1C(=O)CNCC1CCCO1. The normalized spacial score (nSPS) is 24.9. The molecule has 1 aromatic carbocycles. The summed E-state index contributed by atoms with van der Waals surface area (Å²) in [7, 11) is 0. The first-order chi connectivity index (χ1) is 10.3. The zero-order valence-corrected chi connectivity index (χ0v) is 12.7. The Morgan fingerprint density at radius 1 is 1.43 bits per heavy atom. The number of ether oxygens (including phenoxy) is 1. The van der Waals surface area contributed by atoms with Crippen molar-refractivity contribution in [2.75, 3.05) is 26.2 Å². The average Bonchev–Trinajstić information content (AvgIpc) is 3.01. The maximum atomic E-state index is 12.4. The number of amides is 1. The van der Waals surface area contributed by atoms with Gasteiger partial charge in [-0.1, -0.05) is 24.3 Å². The number of nitrogens with one attached hydrogen (secondary N) is 1. The van der Waals surface area contributed by atoms with Crippen LogP contribution < -0.4 is 5.32 Å². The van der Waals surface area contributed by atoms with E-state index in [0.29, 0.717) is 6.54 Å². The van der Waals surface area contributed by atoms with Gasteiger partial charge in [-0.2, -0.15) is 0 Å². The molecule has 1 N–H and O–H groups in total. The minimum Gasteiger partial charge on any atom is -0.377 e. The van der Waals surface area contributed by atoms with Crippen LogP contribution in [0.1, 0.15) is 36.9 Å². The lowest BCUT2D eigenvalue weighted by molar-refractivity contribution is -0.132. The molecule has 1 saturated heterocycles. The van der Waals surface area contributed by atoms with E-state index in [-0.39, 0.29) is 18.1 Å². The van der Waals surface area contributed by atoms with Crippen molar-refractivity contribution >= 4 is 5.91 Å². The molecule has 1 fully saturated rings. The summed E-state index contributed by atoms with van der Waals surface area (Å²) in [5.74, 6) is 0.190. The first-order valence-corrected chi connectivity index (χ1v) is 7.95. The van der Waals surface area contributed by atoms with Gasteiger partial charge in [-0.25, -0.2) is 0 Å². The van der Waals surface area contributed by atoms with Crippen LogP contribution >= 0.6 is 0 Å². The van der Waals surface area contributed by atoms with Crippen LogP contribution in [0.25, 0.3) is 0 Å². The summed E-state index contributed by atoms with van der Waals surface area (Å²) in [6.07, 6.45) is 3.49. The molecule has 3 rings (SSSR count). The second kappa shape index (κ2) is 6.58. The molecule has 2 aliphatic rings. The predicted molar refractivity (Wildman–Crippen MR) is 82.1 cm³/mol. The number of nitrogens with zero attached hydrogens (tertiary/aromatic N) is 1. The summed E-state index contributed by atoms with van der Waals surface area (Å²) in [6.45, 7) is 4.99. The van der Waals surface area contributed by atoms with Gasteiger partial charge in [0.1, 0.15) is 0 Å². The Balaban J connectivity index is 1.53. The zero-order valence-electron chi connectivity index (χ0n) is 12.7. The van der Waals surface area contributed by atoms with Crippen LogP contribution in [0.2, 0.25) is 0 Å². The number of carbonyl (C=O) groups excluding carboxylic acids is 1. The van der Waals surface area contributed by atoms with Gasteiger partial charge in [-0.05, 0) is 37.3 Å². The topological polar surface area (TPSA) is 41.6 Å². The molecule has 4 heteroatoms. The lowest BCUT2D eigenvalue weighted by Crippen LogP contribution is -2.44. The summed E-state index contributed by atoms with van der Waals surface area (Å²) >= 11 is 0. The smallest absolute Gasteiger partial charge is 0.237 e. The molecule has 0 saturated carbocycles. The van der Waals surface area contributed by atoms with Gasteiger partial charge in [0.15, 0.2) is 0 Å². The summed E-state index contributed by atoms with van der Waals surface area (Å²) in [5.41, 5.74) is 2.66. The molecule has 21 heavy (non-hydrogen) atoms. The van der Waals surface area contributed by atoms with Gasteiger partial charge in [0, 0.05) is 19.7 Å². The summed E-state index contributed by atoms with van der Waals surface area (Å²) in [6, 6.07) is 8.61. The largest absolute Gasteiger partial charge is 0.377 e. The average molecular weight is 288 g/mol. The van der Waals surface area contributed by atoms with E-state index in [0.717, 1.165) is 39.0 Å². The lowest BCUT2D eigenvalue weighted by atomic mass is 9.93. The van der Waals surface area contributed by atoms with Crippen molar-refractivity contribution in [2.45, 2.75) is 38.3 Å². The van der Waals surface area contributed by atoms with Crippen LogP contribution in [0.3, 0.4) is 0 Å². The molecule has 4 nitrogen and oxygen atoms in total. The highest BCUT2D eigenvalue weighted by Crippen LogP contribution is 2.28. The summed E-state index contributed by atoms with van der Waals surface area (Å²) in [4.78, 5) is 14.4. The molecule has 2 aliphatic heterocycles. The maximum absolute atomic E-state index is 12.4. The van der Waals surface area contributed by atoms with E-state index < -0.39 is 0 Å². The molecule has 0 radical (unpaired) electrons. The highest BCUT2D eigenvalue weighted by molar-refractivity contribution is 5.79. The van der Waals surface area contributed by atoms with Gasteiger partial charge in [0.05, 0.1) is 18.7 Å². The van der Waals surface area contributed by atoms with Gasteiger partial charge in [-0.15, -0.1) is 0 Å². The van der Waals surface area contributed by atoms with Crippen LogP contribution in [0.5, 0.6) is 0 Å². The highest BCUT2D eigenvalue weighted by atomic mass is 16.5. The van der Waals surface area contributed by atoms with Crippen molar-refractivity contribution in [1.82, 2.24) is 10.2 Å². The van der Waals surface area contributed by atoms with Gasteiger partial charge in [0.25, 0.3) is 0 Å². The number of rotatable bonds is 4. The van der Waals surface area contributed by atoms with Crippen LogP contribution in [0, 0.1) is 0 Å². The van der Waals surface area contributed by atoms with Crippen LogP contribution in [-0.2, 0) is 16.0 Å². The number of hydrogen-bond donors (Lipinski definition) is 1. The Hall–Kier alpha value is -1.39. The molecule has 0 aliphatic carbocycles. The van der Waals surface area contributed by atoms with Gasteiger partial charge in [0.2, 0.25) is 5.91 Å². The first kappa shape index (κ1) is 14.5. The number of benzene rings is 1. The fourth-order valence-electron chi connectivity index (χ4n) is 3.36. The summed E-state index contributed by atoms with van der Waals surface area (Å²) < 4.78 is 5.56. The Morgan fingerprint density at radius 3 is 3.10 bits per heavy atom. The van der Waals surface area contributed by atoms with Crippen molar-refractivity contribution in [3.05, 3.63) is 35.4 Å². The highest BCUT2D eigenvalue weighted by Gasteiger charge is 2.27. The van der Waals surface area contributed by atoms with E-state index in [4.69, 9.17) is 4.74 Å². The Morgan fingerprint density at radius 2 is 2.29 bits per heavy atom. The molecule has 2 unspecified atom stereocenters. The van der Waals surface area contributed by atoms with Crippen LogP contribution in [0.4, 0.5) is 0 Å². The van der Waals surface area contributed by atoms with Crippen LogP contribution in [-0.4, -0.2) is 43.2 Å². The van der Waals surface area contributed by atoms with Crippen molar-refractivity contribution in [3.8, 4) is 0 Å². The third-order valence-electron chi connectivity index (χ3n) is 4.59. The van der Waals surface area contributed by atoms with E-state index in [2.05, 4.69) is 36.5 Å². The molecule has 1 aromatic rings. The predicted octanol–water partition coefficient (Wildman–Crippen LogP) is 1.90. The minimum absolute atomic E-state index is 0.173. The zero-order chi connectivity index (χ0) is 14.7. The molecule has 2 heterocycles. The van der Waals surface area contributed by atoms with Crippen LogP contribution in [0.15, 0.2) is 24.3 Å². The molecule has 0 aromatic heterocycles. The third kappa shape index (κ3) is 3.27. The number of fused-ring (bicyclic) bond motifs is 1. The van der Waals surface area contributed by atoms with E-state index >= 15 is 0 Å². The molecule has 1 amide bonds. The third-order valence-corrected chi connectivity index (χ3v) is 4.59. The Bertz CT molecular complexity index is 497. The monoisotopic (exact) mass is 288 g/mol. The van der Waals surface area contributed by atoms with Gasteiger partial charge < -0.3 is 15.0 Å². The second-order valence-corrected chi connectivity index (χ2v) is 5.98. The van der Waals surface area contributed by atoms with E-state index in [1.165, 1.54) is 11.1 Å². The number of carbonyl (C=O) groups is 1. The fraction of sp³-hybridized carbons (Fsp3) is 0.588. The molecular formula is C17H24N2O2. The van der Waals surface area contributed by atoms with Crippen molar-refractivity contribution in [3.63, 3.8) is 0 Å². The Kier molecular flexibility index (Phi) is 4.56. The van der Waals surface area contributed by atoms with E-state index in [1.807, 2.05) is 4.90 Å². The lowest BCUT2D eigenvalue weighted by Gasteiger charge is -2.35. The van der Waals surface area contributed by atoms with Gasteiger partial charge in [-0.3, -0.25) is 4.79 Å². The molecular weight excluding hydrogens is 264 g/mol. The Labute approximate surface area is 126 Å². The quantitative estimate of drug-likeness (QED) is 0.920.